The largest absolute Gasteiger partial charge is 0.335 e. The van der Waals surface area contributed by atoms with Gasteiger partial charge in [-0.2, -0.15) is 0 Å². The Labute approximate surface area is 125 Å². The summed E-state index contributed by atoms with van der Waals surface area (Å²) in [7, 11) is 0. The lowest BCUT2D eigenvalue weighted by Gasteiger charge is -2.12. The maximum absolute atomic E-state index is 6.24. The molecule has 1 aromatic rings. The molecule has 3 heteroatoms. The van der Waals surface area contributed by atoms with E-state index in [2.05, 4.69) is 29.6 Å². The van der Waals surface area contributed by atoms with Crippen molar-refractivity contribution >= 4 is 0 Å². The molecule has 0 aromatic carbocycles. The van der Waals surface area contributed by atoms with Gasteiger partial charge in [-0.15, -0.1) is 0 Å². The Hall–Kier alpha value is -0.830. The lowest BCUT2D eigenvalue weighted by molar-refractivity contribution is 0.511. The number of hydrogen-bond acceptors (Lipinski definition) is 2. The topological polar surface area (TPSA) is 43.8 Å². The number of unbranched alkanes of at least 4 members (excludes halogenated alkanes) is 6. The molecule has 1 rings (SSSR count). The summed E-state index contributed by atoms with van der Waals surface area (Å²) >= 11 is 0. The molecule has 0 aliphatic carbocycles. The fraction of sp³-hybridized carbons (Fsp3) is 0.824. The lowest BCUT2D eigenvalue weighted by Crippen LogP contribution is -2.24. The number of rotatable bonds is 12. The average molecular weight is 279 g/mol. The average Bonchev–Trinajstić information content (AvgIpc) is 2.85. The van der Waals surface area contributed by atoms with Crippen LogP contribution in [0.5, 0.6) is 0 Å². The van der Waals surface area contributed by atoms with Crippen LogP contribution in [0, 0.1) is 0 Å². The molecule has 0 bridgehead atoms. The fourth-order valence-electron chi connectivity index (χ4n) is 2.67. The summed E-state index contributed by atoms with van der Waals surface area (Å²) in [6, 6.07) is 0.267. The van der Waals surface area contributed by atoms with Gasteiger partial charge in [0.1, 0.15) is 5.82 Å². The second-order valence-electron chi connectivity index (χ2n) is 5.91. The number of aromatic nitrogens is 2. The molecule has 0 fully saturated rings. The molecule has 3 nitrogen and oxygen atoms in total. The molecule has 20 heavy (non-hydrogen) atoms. The van der Waals surface area contributed by atoms with Crippen LogP contribution >= 0.6 is 0 Å². The van der Waals surface area contributed by atoms with Crippen molar-refractivity contribution < 1.29 is 0 Å². The molecule has 0 aliphatic heterocycles. The molecule has 0 radical (unpaired) electrons. The minimum atomic E-state index is 0.267. The second kappa shape index (κ2) is 10.9. The summed E-state index contributed by atoms with van der Waals surface area (Å²) in [4.78, 5) is 4.44. The highest BCUT2D eigenvalue weighted by atomic mass is 15.1. The molecule has 1 atom stereocenters. The first-order valence-electron chi connectivity index (χ1n) is 8.53. The molecule has 116 valence electrons. The van der Waals surface area contributed by atoms with Crippen LogP contribution in [0.4, 0.5) is 0 Å². The number of imidazole rings is 1. The first kappa shape index (κ1) is 17.2. The minimum absolute atomic E-state index is 0.267. The number of nitrogens with two attached hydrogens (primary N) is 1. The van der Waals surface area contributed by atoms with Crippen LogP contribution in [0.2, 0.25) is 0 Å². The van der Waals surface area contributed by atoms with Crippen molar-refractivity contribution in [1.82, 2.24) is 9.55 Å². The van der Waals surface area contributed by atoms with E-state index in [0.29, 0.717) is 0 Å². The van der Waals surface area contributed by atoms with Gasteiger partial charge in [0.05, 0.1) is 0 Å². The van der Waals surface area contributed by atoms with Crippen molar-refractivity contribution in [3.05, 3.63) is 18.2 Å². The highest BCUT2D eigenvalue weighted by molar-refractivity contribution is 4.95. The van der Waals surface area contributed by atoms with Gasteiger partial charge < -0.3 is 10.3 Å². The van der Waals surface area contributed by atoms with Gasteiger partial charge in [-0.1, -0.05) is 58.8 Å². The van der Waals surface area contributed by atoms with Gasteiger partial charge in [0.25, 0.3) is 0 Å². The Morgan fingerprint density at radius 2 is 1.75 bits per heavy atom. The molecular weight excluding hydrogens is 246 g/mol. The van der Waals surface area contributed by atoms with Gasteiger partial charge in [0.2, 0.25) is 0 Å². The van der Waals surface area contributed by atoms with Gasteiger partial charge in [-0.05, 0) is 12.8 Å². The minimum Gasteiger partial charge on any atom is -0.335 e. The first-order chi connectivity index (χ1) is 9.77. The highest BCUT2D eigenvalue weighted by Crippen LogP contribution is 2.11. The van der Waals surface area contributed by atoms with E-state index in [1.807, 2.05) is 6.20 Å². The zero-order valence-corrected chi connectivity index (χ0v) is 13.5. The van der Waals surface area contributed by atoms with E-state index in [0.717, 1.165) is 31.6 Å². The Morgan fingerprint density at radius 3 is 2.45 bits per heavy atom. The Kier molecular flexibility index (Phi) is 9.38. The van der Waals surface area contributed by atoms with Crippen LogP contribution in [0.3, 0.4) is 0 Å². The second-order valence-corrected chi connectivity index (χ2v) is 5.91. The number of hydrogen-bond donors (Lipinski definition) is 1. The molecule has 1 aromatic heterocycles. The SMILES string of the molecule is CCCCCCCCCC(N)Cc1nccn1CCC. The Morgan fingerprint density at radius 1 is 1.05 bits per heavy atom. The van der Waals surface area contributed by atoms with Crippen molar-refractivity contribution in [2.45, 2.75) is 90.6 Å². The van der Waals surface area contributed by atoms with Crippen LogP contribution in [0.25, 0.3) is 0 Å². The highest BCUT2D eigenvalue weighted by Gasteiger charge is 2.08. The summed E-state index contributed by atoms with van der Waals surface area (Å²) < 4.78 is 2.24. The van der Waals surface area contributed by atoms with Gasteiger partial charge in [0, 0.05) is 31.4 Å². The molecule has 0 amide bonds. The Bertz CT molecular complexity index is 333. The van der Waals surface area contributed by atoms with Crippen molar-refractivity contribution in [3.8, 4) is 0 Å². The van der Waals surface area contributed by atoms with Crippen molar-refractivity contribution in [2.24, 2.45) is 5.73 Å². The van der Waals surface area contributed by atoms with Crippen LogP contribution in [0.15, 0.2) is 12.4 Å². The number of aryl methyl sites for hydroxylation is 1. The van der Waals surface area contributed by atoms with Gasteiger partial charge in [-0.3, -0.25) is 0 Å². The van der Waals surface area contributed by atoms with E-state index in [1.54, 1.807) is 0 Å². The summed E-state index contributed by atoms with van der Waals surface area (Å²) in [5.74, 6) is 1.15. The quantitative estimate of drug-likeness (QED) is 0.580. The third-order valence-corrected chi connectivity index (χ3v) is 3.89. The van der Waals surface area contributed by atoms with Crippen LogP contribution in [-0.4, -0.2) is 15.6 Å². The summed E-state index contributed by atoms with van der Waals surface area (Å²) in [6.45, 7) is 5.52. The van der Waals surface area contributed by atoms with E-state index in [1.165, 1.54) is 44.9 Å². The first-order valence-corrected chi connectivity index (χ1v) is 8.53. The van der Waals surface area contributed by atoms with E-state index >= 15 is 0 Å². The molecule has 1 unspecified atom stereocenters. The molecular formula is C17H33N3. The van der Waals surface area contributed by atoms with Crippen molar-refractivity contribution in [2.75, 3.05) is 0 Å². The summed E-state index contributed by atoms with van der Waals surface area (Å²) in [5.41, 5.74) is 6.24. The lowest BCUT2D eigenvalue weighted by atomic mass is 10.0. The van der Waals surface area contributed by atoms with Crippen LogP contribution in [-0.2, 0) is 13.0 Å². The maximum Gasteiger partial charge on any atom is 0.110 e. The number of nitrogens with zero attached hydrogens (tertiary/aromatic N) is 2. The molecule has 2 N–H and O–H groups in total. The van der Waals surface area contributed by atoms with Gasteiger partial charge >= 0.3 is 0 Å². The van der Waals surface area contributed by atoms with Gasteiger partial charge in [0.15, 0.2) is 0 Å². The molecule has 0 spiro atoms. The predicted molar refractivity (Wildman–Crippen MR) is 86.8 cm³/mol. The van der Waals surface area contributed by atoms with E-state index in [9.17, 15) is 0 Å². The summed E-state index contributed by atoms with van der Waals surface area (Å²) in [5, 5.41) is 0. The zero-order valence-electron chi connectivity index (χ0n) is 13.5. The normalized spacial score (nSPS) is 12.8. The van der Waals surface area contributed by atoms with Crippen molar-refractivity contribution in [3.63, 3.8) is 0 Å². The van der Waals surface area contributed by atoms with E-state index in [4.69, 9.17) is 5.73 Å². The molecule has 1 heterocycles. The predicted octanol–water partition coefficient (Wildman–Crippen LogP) is 4.30. The van der Waals surface area contributed by atoms with Crippen molar-refractivity contribution in [1.29, 1.82) is 0 Å². The zero-order chi connectivity index (χ0) is 14.6. The van der Waals surface area contributed by atoms with Crippen LogP contribution in [0.1, 0.15) is 77.5 Å². The fourth-order valence-corrected chi connectivity index (χ4v) is 2.67. The molecule has 0 aliphatic rings. The third kappa shape index (κ3) is 7.09. The smallest absolute Gasteiger partial charge is 0.110 e. The van der Waals surface area contributed by atoms with Crippen LogP contribution < -0.4 is 5.73 Å². The third-order valence-electron chi connectivity index (χ3n) is 3.89. The monoisotopic (exact) mass is 279 g/mol. The maximum atomic E-state index is 6.24. The molecule has 0 saturated carbocycles. The van der Waals surface area contributed by atoms with E-state index < -0.39 is 0 Å². The van der Waals surface area contributed by atoms with Gasteiger partial charge in [-0.25, -0.2) is 4.98 Å². The standard InChI is InChI=1S/C17H33N3/c1-3-5-6-7-8-9-10-11-16(18)15-17-19-12-14-20(17)13-4-2/h12,14,16H,3-11,13,15,18H2,1-2H3. The Balaban J connectivity index is 2.10. The van der Waals surface area contributed by atoms with E-state index in [-0.39, 0.29) is 6.04 Å². The molecule has 0 saturated heterocycles. The summed E-state index contributed by atoms with van der Waals surface area (Å²) in [6.07, 6.45) is 16.6.